The maximum absolute atomic E-state index is 12.4. The average molecular weight is 347 g/mol. The highest BCUT2D eigenvalue weighted by Crippen LogP contribution is 2.27. The number of aromatic nitrogens is 1. The van der Waals surface area contributed by atoms with E-state index in [1.165, 1.54) is 11.3 Å². The van der Waals surface area contributed by atoms with E-state index in [1.807, 2.05) is 35.9 Å². The van der Waals surface area contributed by atoms with Gasteiger partial charge in [0.1, 0.15) is 11.5 Å². The second-order valence-corrected chi connectivity index (χ2v) is 6.83. The molecule has 1 aromatic heterocycles. The number of benzene rings is 1. The number of urea groups is 1. The van der Waals surface area contributed by atoms with Crippen molar-refractivity contribution in [2.75, 3.05) is 27.3 Å². The average Bonchev–Trinajstić information content (AvgIpc) is 3.24. The number of carbonyl (C=O) groups excluding carboxylic acids is 1. The van der Waals surface area contributed by atoms with Crippen molar-refractivity contribution in [3.8, 4) is 17.2 Å². The Balaban J connectivity index is 2.08. The number of methoxy groups -OCH3 is 2. The molecule has 0 radical (unpaired) electrons. The SMILES string of the molecule is COc1ccc(OC)c(-n2cc(C)sc2=NC(=O)N2CCCC2)c1. The van der Waals surface area contributed by atoms with Crippen molar-refractivity contribution in [1.82, 2.24) is 9.47 Å². The van der Waals surface area contributed by atoms with Gasteiger partial charge >= 0.3 is 6.03 Å². The second-order valence-electron chi connectivity index (χ2n) is 5.62. The highest BCUT2D eigenvalue weighted by Gasteiger charge is 2.18. The van der Waals surface area contributed by atoms with Gasteiger partial charge in [-0.25, -0.2) is 4.79 Å². The summed E-state index contributed by atoms with van der Waals surface area (Å²) in [6.45, 7) is 3.57. The first-order valence-electron chi connectivity index (χ1n) is 7.87. The fourth-order valence-electron chi connectivity index (χ4n) is 2.75. The number of hydrogen-bond acceptors (Lipinski definition) is 4. The number of likely N-dealkylation sites (tertiary alicyclic amines) is 1. The molecule has 2 amide bonds. The smallest absolute Gasteiger partial charge is 0.346 e. The van der Waals surface area contributed by atoms with Gasteiger partial charge in [-0.1, -0.05) is 0 Å². The van der Waals surface area contributed by atoms with Gasteiger partial charge in [-0.2, -0.15) is 4.99 Å². The van der Waals surface area contributed by atoms with Crippen molar-refractivity contribution < 1.29 is 14.3 Å². The molecule has 3 rings (SSSR count). The van der Waals surface area contributed by atoms with Gasteiger partial charge in [0.05, 0.1) is 19.9 Å². The Morgan fingerprint density at radius 1 is 1.21 bits per heavy atom. The van der Waals surface area contributed by atoms with E-state index in [2.05, 4.69) is 4.99 Å². The van der Waals surface area contributed by atoms with Crippen LogP contribution in [0.3, 0.4) is 0 Å². The lowest BCUT2D eigenvalue weighted by atomic mass is 10.2. The fraction of sp³-hybridized carbons (Fsp3) is 0.412. The summed E-state index contributed by atoms with van der Waals surface area (Å²) in [5, 5.41) is 0. The third-order valence-corrected chi connectivity index (χ3v) is 4.88. The Hall–Kier alpha value is -2.28. The van der Waals surface area contributed by atoms with E-state index >= 15 is 0 Å². The quantitative estimate of drug-likeness (QED) is 0.858. The van der Waals surface area contributed by atoms with Crippen LogP contribution < -0.4 is 14.3 Å². The summed E-state index contributed by atoms with van der Waals surface area (Å²) in [6, 6.07) is 5.39. The zero-order chi connectivity index (χ0) is 17.1. The van der Waals surface area contributed by atoms with E-state index in [-0.39, 0.29) is 6.03 Å². The molecule has 0 unspecified atom stereocenters. The molecule has 0 aliphatic carbocycles. The molecule has 2 heterocycles. The molecule has 24 heavy (non-hydrogen) atoms. The number of aryl methyl sites for hydroxylation is 1. The lowest BCUT2D eigenvalue weighted by Gasteiger charge is -2.12. The molecular formula is C17H21N3O3S. The van der Waals surface area contributed by atoms with Gasteiger partial charge in [-0.15, -0.1) is 11.3 Å². The third-order valence-electron chi connectivity index (χ3n) is 3.98. The molecule has 0 bridgehead atoms. The first-order valence-corrected chi connectivity index (χ1v) is 8.69. The van der Waals surface area contributed by atoms with Crippen LogP contribution in [0.1, 0.15) is 17.7 Å². The second kappa shape index (κ2) is 7.09. The van der Waals surface area contributed by atoms with Crippen molar-refractivity contribution in [2.45, 2.75) is 19.8 Å². The standard InChI is InChI=1S/C17H21N3O3S/c1-12-11-20(14-10-13(22-2)6-7-15(14)23-3)17(24-12)18-16(21)19-8-4-5-9-19/h6-7,10-11H,4-5,8-9H2,1-3H3. The molecule has 0 N–H and O–H groups in total. The molecule has 6 nitrogen and oxygen atoms in total. The largest absolute Gasteiger partial charge is 0.497 e. The highest BCUT2D eigenvalue weighted by molar-refractivity contribution is 7.09. The molecule has 1 fully saturated rings. The van der Waals surface area contributed by atoms with E-state index < -0.39 is 0 Å². The van der Waals surface area contributed by atoms with Crippen LogP contribution in [0, 0.1) is 6.92 Å². The Morgan fingerprint density at radius 3 is 2.62 bits per heavy atom. The number of rotatable bonds is 3. The number of amides is 2. The fourth-order valence-corrected chi connectivity index (χ4v) is 3.57. The van der Waals surface area contributed by atoms with E-state index in [4.69, 9.17) is 9.47 Å². The Labute approximate surface area is 145 Å². The third kappa shape index (κ3) is 3.31. The van der Waals surface area contributed by atoms with Gasteiger partial charge in [0, 0.05) is 30.2 Å². The van der Waals surface area contributed by atoms with Gasteiger partial charge in [-0.3, -0.25) is 4.57 Å². The zero-order valence-electron chi connectivity index (χ0n) is 14.1. The lowest BCUT2D eigenvalue weighted by Crippen LogP contribution is -2.27. The molecule has 128 valence electrons. The molecular weight excluding hydrogens is 326 g/mol. The van der Waals surface area contributed by atoms with Crippen LogP contribution in [0.15, 0.2) is 29.4 Å². The van der Waals surface area contributed by atoms with E-state index in [0.717, 1.165) is 42.2 Å². The molecule has 1 aromatic carbocycles. The molecule has 0 spiro atoms. The van der Waals surface area contributed by atoms with Crippen molar-refractivity contribution >= 4 is 17.4 Å². The minimum Gasteiger partial charge on any atom is -0.497 e. The van der Waals surface area contributed by atoms with Gasteiger partial charge in [-0.05, 0) is 31.9 Å². The summed E-state index contributed by atoms with van der Waals surface area (Å²) >= 11 is 1.48. The molecule has 0 saturated carbocycles. The molecule has 1 saturated heterocycles. The van der Waals surface area contributed by atoms with E-state index in [9.17, 15) is 4.79 Å². The summed E-state index contributed by atoms with van der Waals surface area (Å²) in [5.74, 6) is 1.42. The Kier molecular flexibility index (Phi) is 4.89. The van der Waals surface area contributed by atoms with Gasteiger partial charge in [0.25, 0.3) is 0 Å². The van der Waals surface area contributed by atoms with Crippen molar-refractivity contribution in [2.24, 2.45) is 4.99 Å². The summed E-state index contributed by atoms with van der Waals surface area (Å²) < 4.78 is 12.7. The maximum atomic E-state index is 12.4. The molecule has 1 aliphatic heterocycles. The van der Waals surface area contributed by atoms with Gasteiger partial charge in [0.2, 0.25) is 0 Å². The zero-order valence-corrected chi connectivity index (χ0v) is 14.9. The summed E-state index contributed by atoms with van der Waals surface area (Å²) in [5.41, 5.74) is 0.800. The van der Waals surface area contributed by atoms with Crippen LogP contribution in [0.4, 0.5) is 4.79 Å². The number of hydrogen-bond donors (Lipinski definition) is 0. The predicted molar refractivity (Wildman–Crippen MR) is 93.3 cm³/mol. The Bertz CT molecular complexity index is 804. The molecule has 2 aromatic rings. The van der Waals surface area contributed by atoms with Crippen LogP contribution in [0.5, 0.6) is 11.5 Å². The first kappa shape index (κ1) is 16.6. The molecule has 7 heteroatoms. The summed E-state index contributed by atoms with van der Waals surface area (Å²) in [7, 11) is 3.24. The van der Waals surface area contributed by atoms with Crippen molar-refractivity contribution in [3.05, 3.63) is 34.1 Å². The monoisotopic (exact) mass is 347 g/mol. The van der Waals surface area contributed by atoms with Gasteiger partial charge in [0.15, 0.2) is 4.80 Å². The maximum Gasteiger partial charge on any atom is 0.346 e. The van der Waals surface area contributed by atoms with Crippen molar-refractivity contribution in [3.63, 3.8) is 0 Å². The lowest BCUT2D eigenvalue weighted by molar-refractivity contribution is 0.218. The van der Waals surface area contributed by atoms with Crippen LogP contribution in [0.25, 0.3) is 5.69 Å². The predicted octanol–water partition coefficient (Wildman–Crippen LogP) is 2.98. The highest BCUT2D eigenvalue weighted by atomic mass is 32.1. The summed E-state index contributed by atoms with van der Waals surface area (Å²) in [6.07, 6.45) is 4.06. The molecule has 1 aliphatic rings. The summed E-state index contributed by atoms with van der Waals surface area (Å²) in [4.78, 5) is 20.2. The number of ether oxygens (including phenoxy) is 2. The van der Waals surface area contributed by atoms with E-state index in [1.54, 1.807) is 19.1 Å². The van der Waals surface area contributed by atoms with Crippen molar-refractivity contribution in [1.29, 1.82) is 0 Å². The van der Waals surface area contributed by atoms with E-state index in [0.29, 0.717) is 10.6 Å². The van der Waals surface area contributed by atoms with Gasteiger partial charge < -0.3 is 14.4 Å². The molecule has 0 atom stereocenters. The Morgan fingerprint density at radius 2 is 1.96 bits per heavy atom. The number of nitrogens with zero attached hydrogens (tertiary/aromatic N) is 3. The first-order chi connectivity index (χ1) is 11.6. The minimum atomic E-state index is -0.176. The topological polar surface area (TPSA) is 56.1 Å². The van der Waals surface area contributed by atoms with Crippen LogP contribution in [-0.4, -0.2) is 42.8 Å². The number of thiazole rings is 1. The van der Waals surface area contributed by atoms with Crippen LogP contribution >= 0.6 is 11.3 Å². The minimum absolute atomic E-state index is 0.176. The number of carbonyl (C=O) groups is 1. The van der Waals surface area contributed by atoms with Crippen LogP contribution in [-0.2, 0) is 0 Å². The van der Waals surface area contributed by atoms with Crippen LogP contribution in [0.2, 0.25) is 0 Å². The normalized spacial score (nSPS) is 15.0.